The Hall–Kier alpha value is -0.600. The molecule has 0 N–H and O–H groups in total. The van der Waals surface area contributed by atoms with Crippen LogP contribution in [-0.4, -0.2) is 19.0 Å². The van der Waals surface area contributed by atoms with Crippen LogP contribution in [0.25, 0.3) is 0 Å². The molecular formula is C11H18O2. The predicted molar refractivity (Wildman–Crippen MR) is 53.5 cm³/mol. The number of rotatable bonds is 5. The number of allylic oxidation sites excluding steroid dienone is 1. The maximum Gasteiger partial charge on any atom is 0.175 e. The summed E-state index contributed by atoms with van der Waals surface area (Å²) in [5, 5.41) is 0. The molecule has 0 aromatic carbocycles. The lowest BCUT2D eigenvalue weighted by molar-refractivity contribution is -0.151. The molecule has 0 aliphatic carbocycles. The van der Waals surface area contributed by atoms with E-state index in [0.29, 0.717) is 13.2 Å². The van der Waals surface area contributed by atoms with Crippen LogP contribution in [0, 0.1) is 0 Å². The molecule has 2 heteroatoms. The molecule has 74 valence electrons. The van der Waals surface area contributed by atoms with Gasteiger partial charge in [0.2, 0.25) is 0 Å². The Balaban J connectivity index is 2.46. The third kappa shape index (κ3) is 2.98. The summed E-state index contributed by atoms with van der Waals surface area (Å²) < 4.78 is 11.2. The Morgan fingerprint density at radius 2 is 1.92 bits per heavy atom. The van der Waals surface area contributed by atoms with E-state index >= 15 is 0 Å². The molecule has 1 fully saturated rings. The molecule has 1 aliphatic heterocycles. The molecule has 0 radical (unpaired) electrons. The van der Waals surface area contributed by atoms with E-state index in [1.165, 1.54) is 0 Å². The van der Waals surface area contributed by atoms with Crippen molar-refractivity contribution in [1.82, 2.24) is 0 Å². The summed E-state index contributed by atoms with van der Waals surface area (Å²) >= 11 is 0. The van der Waals surface area contributed by atoms with Crippen molar-refractivity contribution < 1.29 is 9.47 Å². The molecule has 1 saturated heterocycles. The van der Waals surface area contributed by atoms with Crippen LogP contribution in [0.4, 0.5) is 0 Å². The first-order chi connectivity index (χ1) is 6.33. The average Bonchev–Trinajstić information content (AvgIpc) is 2.55. The first-order valence-electron chi connectivity index (χ1n) is 4.87. The van der Waals surface area contributed by atoms with E-state index in [4.69, 9.17) is 9.47 Å². The summed E-state index contributed by atoms with van der Waals surface area (Å²) in [6.45, 7) is 7.24. The van der Waals surface area contributed by atoms with Crippen LogP contribution >= 0.6 is 0 Å². The highest BCUT2D eigenvalue weighted by atomic mass is 16.7. The van der Waals surface area contributed by atoms with Crippen molar-refractivity contribution in [3.63, 3.8) is 0 Å². The van der Waals surface area contributed by atoms with Gasteiger partial charge in [0.15, 0.2) is 5.79 Å². The summed E-state index contributed by atoms with van der Waals surface area (Å²) in [6.07, 6.45) is 8.76. The molecular weight excluding hydrogens is 164 g/mol. The second kappa shape index (κ2) is 5.20. The van der Waals surface area contributed by atoms with Crippen LogP contribution < -0.4 is 0 Å². The molecule has 0 amide bonds. The van der Waals surface area contributed by atoms with Gasteiger partial charge in [0.05, 0.1) is 13.2 Å². The zero-order valence-corrected chi connectivity index (χ0v) is 8.29. The maximum absolute atomic E-state index is 5.58. The molecule has 0 atom stereocenters. The largest absolute Gasteiger partial charge is 0.347 e. The molecule has 1 aliphatic rings. The van der Waals surface area contributed by atoms with Crippen LogP contribution in [-0.2, 0) is 9.47 Å². The fourth-order valence-corrected chi connectivity index (χ4v) is 1.47. The molecule has 2 nitrogen and oxygen atoms in total. The van der Waals surface area contributed by atoms with E-state index < -0.39 is 5.79 Å². The molecule has 0 aromatic heterocycles. The summed E-state index contributed by atoms with van der Waals surface area (Å²) in [4.78, 5) is 0. The summed E-state index contributed by atoms with van der Waals surface area (Å²) in [7, 11) is 0. The topological polar surface area (TPSA) is 18.5 Å². The molecule has 0 saturated carbocycles. The van der Waals surface area contributed by atoms with Crippen molar-refractivity contribution in [3.05, 3.63) is 24.8 Å². The van der Waals surface area contributed by atoms with E-state index in [2.05, 4.69) is 25.7 Å². The van der Waals surface area contributed by atoms with Crippen molar-refractivity contribution in [3.8, 4) is 0 Å². The fraction of sp³-hybridized carbons (Fsp3) is 0.636. The normalized spacial score (nSPS) is 21.0. The number of hydrogen-bond acceptors (Lipinski definition) is 2. The monoisotopic (exact) mass is 182 g/mol. The van der Waals surface area contributed by atoms with E-state index in [1.54, 1.807) is 0 Å². The summed E-state index contributed by atoms with van der Waals surface area (Å²) in [5.74, 6) is -0.409. The van der Waals surface area contributed by atoms with Gasteiger partial charge in [-0.2, -0.15) is 0 Å². The van der Waals surface area contributed by atoms with Crippen LogP contribution in [0.15, 0.2) is 24.8 Å². The fourth-order valence-electron chi connectivity index (χ4n) is 1.47. The highest BCUT2D eigenvalue weighted by Crippen LogP contribution is 2.27. The Morgan fingerprint density at radius 1 is 1.23 bits per heavy atom. The minimum atomic E-state index is -0.409. The zero-order valence-electron chi connectivity index (χ0n) is 8.29. The van der Waals surface area contributed by atoms with E-state index in [9.17, 15) is 0 Å². The highest BCUT2D eigenvalue weighted by Gasteiger charge is 2.33. The first kappa shape index (κ1) is 10.5. The van der Waals surface area contributed by atoms with Gasteiger partial charge in [0.25, 0.3) is 0 Å². The first-order valence-corrected chi connectivity index (χ1v) is 4.87. The molecule has 0 aromatic rings. The SMILES string of the molecule is C=CCC1(C/C=C/CC)OCCO1. The van der Waals surface area contributed by atoms with Gasteiger partial charge in [-0.05, 0) is 6.42 Å². The highest BCUT2D eigenvalue weighted by molar-refractivity contribution is 4.92. The quantitative estimate of drug-likeness (QED) is 0.608. The second-order valence-corrected chi connectivity index (χ2v) is 3.18. The standard InChI is InChI=1S/C11H18O2/c1-3-5-6-8-11(7-4-2)12-9-10-13-11/h4-6H,2-3,7-10H2,1H3/b6-5+. The minimum absolute atomic E-state index is 0.409. The van der Waals surface area contributed by atoms with Crippen molar-refractivity contribution in [2.45, 2.75) is 32.0 Å². The second-order valence-electron chi connectivity index (χ2n) is 3.18. The lowest BCUT2D eigenvalue weighted by Gasteiger charge is -2.24. The van der Waals surface area contributed by atoms with Gasteiger partial charge in [-0.15, -0.1) is 6.58 Å². The van der Waals surface area contributed by atoms with Gasteiger partial charge in [-0.25, -0.2) is 0 Å². The number of ether oxygens (including phenoxy) is 2. The number of hydrogen-bond donors (Lipinski definition) is 0. The lowest BCUT2D eigenvalue weighted by atomic mass is 10.1. The van der Waals surface area contributed by atoms with Crippen LogP contribution in [0.2, 0.25) is 0 Å². The third-order valence-electron chi connectivity index (χ3n) is 2.10. The van der Waals surface area contributed by atoms with E-state index in [1.807, 2.05) is 6.08 Å². The maximum atomic E-state index is 5.58. The van der Waals surface area contributed by atoms with Crippen molar-refractivity contribution in [2.75, 3.05) is 13.2 Å². The van der Waals surface area contributed by atoms with Crippen molar-refractivity contribution >= 4 is 0 Å². The zero-order chi connectivity index (χ0) is 9.57. The summed E-state index contributed by atoms with van der Waals surface area (Å²) in [5.41, 5.74) is 0. The molecule has 13 heavy (non-hydrogen) atoms. The van der Waals surface area contributed by atoms with E-state index in [0.717, 1.165) is 19.3 Å². The Kier molecular flexibility index (Phi) is 4.19. The Labute approximate surface area is 80.2 Å². The summed E-state index contributed by atoms with van der Waals surface area (Å²) in [6, 6.07) is 0. The third-order valence-corrected chi connectivity index (χ3v) is 2.10. The molecule has 0 unspecified atom stereocenters. The Bertz CT molecular complexity index is 179. The van der Waals surface area contributed by atoms with Gasteiger partial charge in [0, 0.05) is 12.8 Å². The van der Waals surface area contributed by atoms with Crippen molar-refractivity contribution in [1.29, 1.82) is 0 Å². The van der Waals surface area contributed by atoms with Gasteiger partial charge in [0.1, 0.15) is 0 Å². The molecule has 0 spiro atoms. The predicted octanol–water partition coefficient (Wildman–Crippen LogP) is 2.66. The van der Waals surface area contributed by atoms with Gasteiger partial charge in [-0.3, -0.25) is 0 Å². The van der Waals surface area contributed by atoms with Gasteiger partial charge >= 0.3 is 0 Å². The van der Waals surface area contributed by atoms with Gasteiger partial charge in [-0.1, -0.05) is 25.2 Å². The van der Waals surface area contributed by atoms with Gasteiger partial charge < -0.3 is 9.47 Å². The smallest absolute Gasteiger partial charge is 0.175 e. The average molecular weight is 182 g/mol. The molecule has 1 heterocycles. The minimum Gasteiger partial charge on any atom is -0.347 e. The van der Waals surface area contributed by atoms with Crippen molar-refractivity contribution in [2.24, 2.45) is 0 Å². The molecule has 1 rings (SSSR count). The Morgan fingerprint density at radius 3 is 2.46 bits per heavy atom. The lowest BCUT2D eigenvalue weighted by Crippen LogP contribution is -2.28. The van der Waals surface area contributed by atoms with E-state index in [-0.39, 0.29) is 0 Å². The van der Waals surface area contributed by atoms with Crippen LogP contribution in [0.1, 0.15) is 26.2 Å². The molecule has 0 bridgehead atoms. The van der Waals surface area contributed by atoms with Crippen LogP contribution in [0.5, 0.6) is 0 Å². The van der Waals surface area contributed by atoms with Crippen LogP contribution in [0.3, 0.4) is 0 Å².